The van der Waals surface area contributed by atoms with E-state index in [9.17, 15) is 4.39 Å². The van der Waals surface area contributed by atoms with Gasteiger partial charge >= 0.3 is 0 Å². The number of ether oxygens (including phenoxy) is 1. The number of imidazole rings is 1. The highest BCUT2D eigenvalue weighted by atomic mass is 19.1. The molecule has 0 aliphatic rings. The average molecular weight is 263 g/mol. The first kappa shape index (κ1) is 13.7. The minimum Gasteiger partial charge on any atom is -0.383 e. The number of hydrogen-bond donors (Lipinski definition) is 1. The Morgan fingerprint density at radius 2 is 2.11 bits per heavy atom. The van der Waals surface area contributed by atoms with E-state index in [2.05, 4.69) is 10.3 Å². The van der Waals surface area contributed by atoms with Crippen LogP contribution in [0, 0.1) is 5.82 Å². The van der Waals surface area contributed by atoms with Gasteiger partial charge in [-0.3, -0.25) is 0 Å². The summed E-state index contributed by atoms with van der Waals surface area (Å²) in [6, 6.07) is 6.53. The van der Waals surface area contributed by atoms with Crippen molar-refractivity contribution in [2.24, 2.45) is 0 Å². The minimum atomic E-state index is -0.212. The molecule has 19 heavy (non-hydrogen) atoms. The van der Waals surface area contributed by atoms with E-state index in [1.54, 1.807) is 25.4 Å². The second-order valence-electron chi connectivity index (χ2n) is 4.27. The Balaban J connectivity index is 1.93. The highest BCUT2D eigenvalue weighted by Crippen LogP contribution is 2.07. The van der Waals surface area contributed by atoms with Gasteiger partial charge in [-0.15, -0.1) is 0 Å². The van der Waals surface area contributed by atoms with Gasteiger partial charge in [-0.05, 0) is 17.7 Å². The van der Waals surface area contributed by atoms with Gasteiger partial charge in [-0.1, -0.05) is 12.1 Å². The lowest BCUT2D eigenvalue weighted by Gasteiger charge is -2.09. The molecule has 5 heteroatoms. The Morgan fingerprint density at radius 1 is 1.32 bits per heavy atom. The number of aromatic nitrogens is 2. The van der Waals surface area contributed by atoms with Gasteiger partial charge in [0.15, 0.2) is 0 Å². The molecule has 0 bridgehead atoms. The normalized spacial score (nSPS) is 10.8. The fourth-order valence-corrected chi connectivity index (χ4v) is 1.81. The first-order valence-electron chi connectivity index (χ1n) is 6.23. The zero-order chi connectivity index (χ0) is 13.5. The SMILES string of the molecule is COCCNCc1nccn1Cc1ccc(F)cc1. The van der Waals surface area contributed by atoms with Crippen LogP contribution in [0.5, 0.6) is 0 Å². The summed E-state index contributed by atoms with van der Waals surface area (Å²) in [5, 5.41) is 3.26. The first-order chi connectivity index (χ1) is 9.29. The number of hydrogen-bond acceptors (Lipinski definition) is 3. The Hall–Kier alpha value is -1.72. The van der Waals surface area contributed by atoms with E-state index in [-0.39, 0.29) is 5.82 Å². The summed E-state index contributed by atoms with van der Waals surface area (Å²) in [7, 11) is 1.68. The largest absolute Gasteiger partial charge is 0.383 e. The molecule has 102 valence electrons. The maximum atomic E-state index is 12.8. The number of methoxy groups -OCH3 is 1. The number of halogens is 1. The van der Waals surface area contributed by atoms with Crippen molar-refractivity contribution < 1.29 is 9.13 Å². The van der Waals surface area contributed by atoms with Crippen LogP contribution in [-0.2, 0) is 17.8 Å². The number of nitrogens with zero attached hydrogens (tertiary/aromatic N) is 2. The van der Waals surface area contributed by atoms with Crippen LogP contribution in [0.1, 0.15) is 11.4 Å². The number of rotatable bonds is 7. The molecule has 0 radical (unpaired) electrons. The van der Waals surface area contributed by atoms with Crippen LogP contribution in [0.15, 0.2) is 36.7 Å². The van der Waals surface area contributed by atoms with Crippen LogP contribution in [0.3, 0.4) is 0 Å². The summed E-state index contributed by atoms with van der Waals surface area (Å²) in [5.41, 5.74) is 1.05. The lowest BCUT2D eigenvalue weighted by atomic mass is 10.2. The molecule has 0 saturated carbocycles. The average Bonchev–Trinajstić information content (AvgIpc) is 2.85. The van der Waals surface area contributed by atoms with E-state index >= 15 is 0 Å². The third-order valence-corrected chi connectivity index (χ3v) is 2.83. The van der Waals surface area contributed by atoms with Crippen molar-refractivity contribution in [3.8, 4) is 0 Å². The van der Waals surface area contributed by atoms with Crippen LogP contribution in [0.25, 0.3) is 0 Å². The minimum absolute atomic E-state index is 0.212. The third-order valence-electron chi connectivity index (χ3n) is 2.83. The third kappa shape index (κ3) is 4.15. The van der Waals surface area contributed by atoms with E-state index in [1.165, 1.54) is 12.1 Å². The lowest BCUT2D eigenvalue weighted by Crippen LogP contribution is -2.21. The first-order valence-corrected chi connectivity index (χ1v) is 6.23. The number of benzene rings is 1. The predicted octanol–water partition coefficient (Wildman–Crippen LogP) is 1.81. The van der Waals surface area contributed by atoms with Crippen LogP contribution in [0.2, 0.25) is 0 Å². The van der Waals surface area contributed by atoms with Crippen LogP contribution < -0.4 is 5.32 Å². The zero-order valence-corrected chi connectivity index (χ0v) is 11.0. The second kappa shape index (κ2) is 7.01. The van der Waals surface area contributed by atoms with E-state index in [0.717, 1.165) is 17.9 Å². The van der Waals surface area contributed by atoms with Crippen molar-refractivity contribution in [1.29, 1.82) is 0 Å². The molecular weight excluding hydrogens is 245 g/mol. The van der Waals surface area contributed by atoms with Crippen molar-refractivity contribution in [3.63, 3.8) is 0 Å². The van der Waals surface area contributed by atoms with Crippen molar-refractivity contribution in [2.45, 2.75) is 13.1 Å². The Labute approximate surface area is 112 Å². The topological polar surface area (TPSA) is 39.1 Å². The van der Waals surface area contributed by atoms with Gasteiger partial charge in [0.2, 0.25) is 0 Å². The molecule has 0 unspecified atom stereocenters. The van der Waals surface area contributed by atoms with Crippen molar-refractivity contribution in [2.75, 3.05) is 20.3 Å². The van der Waals surface area contributed by atoms with Gasteiger partial charge in [0.25, 0.3) is 0 Å². The van der Waals surface area contributed by atoms with Crippen LogP contribution in [-0.4, -0.2) is 29.8 Å². The standard InChI is InChI=1S/C14H18FN3O/c1-19-9-7-16-10-14-17-6-8-18(14)11-12-2-4-13(15)5-3-12/h2-6,8,16H,7,9-11H2,1H3. The molecule has 1 N–H and O–H groups in total. The second-order valence-corrected chi connectivity index (χ2v) is 4.27. The van der Waals surface area contributed by atoms with Crippen LogP contribution >= 0.6 is 0 Å². The van der Waals surface area contributed by atoms with Gasteiger partial charge in [0.1, 0.15) is 11.6 Å². The molecule has 0 aliphatic heterocycles. The summed E-state index contributed by atoms with van der Waals surface area (Å²) in [6.07, 6.45) is 3.70. The molecule has 0 fully saturated rings. The molecular formula is C14H18FN3O. The Bertz CT molecular complexity index is 496. The van der Waals surface area contributed by atoms with E-state index in [0.29, 0.717) is 19.7 Å². The van der Waals surface area contributed by atoms with Crippen molar-refractivity contribution >= 4 is 0 Å². The van der Waals surface area contributed by atoms with Gasteiger partial charge in [-0.2, -0.15) is 0 Å². The van der Waals surface area contributed by atoms with Gasteiger partial charge < -0.3 is 14.6 Å². The molecule has 2 rings (SSSR count). The fraction of sp³-hybridized carbons (Fsp3) is 0.357. The van der Waals surface area contributed by atoms with E-state index in [1.807, 2.05) is 10.8 Å². The molecule has 1 aromatic carbocycles. The molecule has 0 spiro atoms. The van der Waals surface area contributed by atoms with Crippen molar-refractivity contribution in [3.05, 3.63) is 53.9 Å². The molecule has 1 heterocycles. The molecule has 2 aromatic rings. The zero-order valence-electron chi connectivity index (χ0n) is 11.0. The van der Waals surface area contributed by atoms with Crippen molar-refractivity contribution in [1.82, 2.24) is 14.9 Å². The van der Waals surface area contributed by atoms with E-state index in [4.69, 9.17) is 4.74 Å². The molecule has 0 saturated heterocycles. The van der Waals surface area contributed by atoms with Gasteiger partial charge in [-0.25, -0.2) is 9.37 Å². The summed E-state index contributed by atoms with van der Waals surface area (Å²) in [4.78, 5) is 4.31. The van der Waals surface area contributed by atoms with Crippen LogP contribution in [0.4, 0.5) is 4.39 Å². The Morgan fingerprint density at radius 3 is 2.84 bits per heavy atom. The molecule has 0 aliphatic carbocycles. The summed E-state index contributed by atoms with van der Waals surface area (Å²) >= 11 is 0. The fourth-order valence-electron chi connectivity index (χ4n) is 1.81. The molecule has 0 amide bonds. The molecule has 1 aromatic heterocycles. The maximum Gasteiger partial charge on any atom is 0.123 e. The summed E-state index contributed by atoms with van der Waals surface area (Å²) < 4.78 is 19.9. The quantitative estimate of drug-likeness (QED) is 0.774. The number of nitrogens with one attached hydrogen (secondary N) is 1. The maximum absolute atomic E-state index is 12.8. The molecule has 4 nitrogen and oxygen atoms in total. The van der Waals surface area contributed by atoms with Gasteiger partial charge in [0, 0.05) is 32.6 Å². The summed E-state index contributed by atoms with van der Waals surface area (Å²) in [5.74, 6) is 0.747. The monoisotopic (exact) mass is 263 g/mol. The molecule has 0 atom stereocenters. The van der Waals surface area contributed by atoms with Gasteiger partial charge in [0.05, 0.1) is 13.2 Å². The lowest BCUT2D eigenvalue weighted by molar-refractivity contribution is 0.199. The summed E-state index contributed by atoms with van der Waals surface area (Å²) in [6.45, 7) is 2.86. The van der Waals surface area contributed by atoms with E-state index < -0.39 is 0 Å². The highest BCUT2D eigenvalue weighted by molar-refractivity contribution is 5.17. The highest BCUT2D eigenvalue weighted by Gasteiger charge is 2.03. The smallest absolute Gasteiger partial charge is 0.123 e. The Kier molecular flexibility index (Phi) is 5.06. The predicted molar refractivity (Wildman–Crippen MR) is 71.3 cm³/mol.